The standard InChI is InChI=1S/C15H27N3O4.N2/c1-14(2,3)21-12(19)11(8-7-9-17-10-16)18-13(20)22-15(4,5)6;1-2/h11,17H,7-9H2,1-6H3,(H,18,20);/t11-;/m0./s1. The largest absolute Gasteiger partial charge is 0.458 e. The Morgan fingerprint density at radius 2 is 1.54 bits per heavy atom. The van der Waals surface area contributed by atoms with Gasteiger partial charge < -0.3 is 20.1 Å². The second-order valence-corrected chi connectivity index (χ2v) is 6.91. The van der Waals surface area contributed by atoms with Gasteiger partial charge in [-0.1, -0.05) is 0 Å². The summed E-state index contributed by atoms with van der Waals surface area (Å²) in [6, 6.07) is -0.811. The van der Waals surface area contributed by atoms with Crippen LogP contribution in [0.15, 0.2) is 0 Å². The van der Waals surface area contributed by atoms with Crippen molar-refractivity contribution in [2.45, 2.75) is 71.6 Å². The monoisotopic (exact) mass is 341 g/mol. The van der Waals surface area contributed by atoms with Gasteiger partial charge in [-0.25, -0.2) is 9.59 Å². The summed E-state index contributed by atoms with van der Waals surface area (Å²) in [6.45, 7) is 10.9. The molecule has 0 aliphatic rings. The van der Waals surface area contributed by atoms with Gasteiger partial charge in [0.25, 0.3) is 0 Å². The summed E-state index contributed by atoms with van der Waals surface area (Å²) in [4.78, 5) is 24.0. The Morgan fingerprint density at radius 1 is 1.04 bits per heavy atom. The first-order valence-electron chi connectivity index (χ1n) is 7.49. The topological polar surface area (TPSA) is 148 Å². The highest BCUT2D eigenvalue weighted by Gasteiger charge is 2.28. The molecule has 2 N–H and O–H groups in total. The quantitative estimate of drug-likeness (QED) is 0.245. The number of carbonyl (C=O) groups excluding carboxylic acids is 2. The van der Waals surface area contributed by atoms with Crippen LogP contribution in [0.1, 0.15) is 54.4 Å². The molecule has 0 radical (unpaired) electrons. The molecular formula is C15H27N5O4. The molecule has 0 heterocycles. The van der Waals surface area contributed by atoms with E-state index in [2.05, 4.69) is 10.6 Å². The molecule has 0 aromatic heterocycles. The van der Waals surface area contributed by atoms with Gasteiger partial charge >= 0.3 is 12.1 Å². The van der Waals surface area contributed by atoms with E-state index in [9.17, 15) is 9.59 Å². The zero-order chi connectivity index (χ0) is 19.4. The van der Waals surface area contributed by atoms with Crippen molar-refractivity contribution < 1.29 is 19.1 Å². The number of hydrogen-bond acceptors (Lipinski definition) is 8. The van der Waals surface area contributed by atoms with E-state index in [-0.39, 0.29) is 0 Å². The molecule has 0 saturated heterocycles. The molecule has 0 unspecified atom stereocenters. The Bertz CT molecular complexity index is 457. The maximum atomic E-state index is 12.1. The Kier molecular flexibility index (Phi) is 10.9. The molecule has 0 aliphatic carbocycles. The van der Waals surface area contributed by atoms with E-state index in [4.69, 9.17) is 25.5 Å². The Morgan fingerprint density at radius 3 is 1.96 bits per heavy atom. The molecule has 0 aromatic carbocycles. The van der Waals surface area contributed by atoms with E-state index in [0.29, 0.717) is 19.4 Å². The summed E-state index contributed by atoms with van der Waals surface area (Å²) >= 11 is 0. The number of nitriles is 1. The third kappa shape index (κ3) is 14.4. The molecule has 9 nitrogen and oxygen atoms in total. The van der Waals surface area contributed by atoms with Crippen molar-refractivity contribution in [3.8, 4) is 6.19 Å². The van der Waals surface area contributed by atoms with Crippen molar-refractivity contribution in [3.05, 3.63) is 0 Å². The third-order valence-electron chi connectivity index (χ3n) is 2.26. The second kappa shape index (κ2) is 11.1. The van der Waals surface area contributed by atoms with Gasteiger partial charge in [0.2, 0.25) is 0 Å². The van der Waals surface area contributed by atoms with Crippen LogP contribution in [-0.4, -0.2) is 35.9 Å². The lowest BCUT2D eigenvalue weighted by Gasteiger charge is -2.26. The van der Waals surface area contributed by atoms with Crippen LogP contribution >= 0.6 is 0 Å². The van der Waals surface area contributed by atoms with Crippen LogP contribution in [0.25, 0.3) is 0 Å². The molecule has 1 amide bonds. The van der Waals surface area contributed by atoms with Crippen LogP contribution in [-0.2, 0) is 14.3 Å². The van der Waals surface area contributed by atoms with Gasteiger partial charge in [0.1, 0.15) is 17.2 Å². The lowest BCUT2D eigenvalue weighted by atomic mass is 10.1. The van der Waals surface area contributed by atoms with E-state index in [1.807, 2.05) is 0 Å². The normalized spacial score (nSPS) is 11.8. The molecule has 0 spiro atoms. The number of nitrogens with zero attached hydrogens (tertiary/aromatic N) is 3. The number of alkyl carbamates (subject to hydrolysis) is 1. The molecule has 0 rings (SSSR count). The number of ether oxygens (including phenoxy) is 2. The fourth-order valence-electron chi connectivity index (χ4n) is 1.52. The van der Waals surface area contributed by atoms with Crippen molar-refractivity contribution in [1.82, 2.24) is 10.6 Å². The zero-order valence-corrected chi connectivity index (χ0v) is 15.2. The highest BCUT2D eigenvalue weighted by molar-refractivity contribution is 5.81. The van der Waals surface area contributed by atoms with Crippen LogP contribution in [0.3, 0.4) is 0 Å². The summed E-state index contributed by atoms with van der Waals surface area (Å²) in [7, 11) is 0. The molecule has 24 heavy (non-hydrogen) atoms. The van der Waals surface area contributed by atoms with Gasteiger partial charge in [-0.05, 0) is 54.4 Å². The Balaban J connectivity index is 0. The van der Waals surface area contributed by atoms with Crippen molar-refractivity contribution in [3.63, 3.8) is 0 Å². The Labute approximate surface area is 143 Å². The SMILES string of the molecule is CC(C)(C)OC(=O)N[C@@H](CCCNC#N)C(=O)OC(C)(C)C.N#N. The summed E-state index contributed by atoms with van der Waals surface area (Å²) in [5.74, 6) is -0.518. The maximum Gasteiger partial charge on any atom is 0.408 e. The minimum Gasteiger partial charge on any atom is -0.458 e. The molecule has 0 bridgehead atoms. The van der Waals surface area contributed by atoms with Crippen molar-refractivity contribution in [1.29, 1.82) is 16.0 Å². The minimum absolute atomic E-state index is 0.350. The van der Waals surface area contributed by atoms with Crippen molar-refractivity contribution >= 4 is 12.1 Å². The number of amides is 1. The molecule has 1 atom stereocenters. The van der Waals surface area contributed by atoms with Crippen LogP contribution in [0.2, 0.25) is 0 Å². The Hall–Kier alpha value is -2.55. The van der Waals surface area contributed by atoms with Crippen LogP contribution in [0, 0.1) is 22.2 Å². The average Bonchev–Trinajstić information content (AvgIpc) is 2.40. The predicted molar refractivity (Wildman–Crippen MR) is 85.3 cm³/mol. The molecule has 0 fully saturated rings. The first-order valence-corrected chi connectivity index (χ1v) is 7.49. The van der Waals surface area contributed by atoms with Gasteiger partial charge in [-0.15, -0.1) is 0 Å². The van der Waals surface area contributed by atoms with E-state index in [0.717, 1.165) is 0 Å². The molecule has 0 aromatic rings. The minimum atomic E-state index is -0.811. The second-order valence-electron chi connectivity index (χ2n) is 6.91. The van der Waals surface area contributed by atoms with Crippen molar-refractivity contribution in [2.75, 3.05) is 6.54 Å². The summed E-state index contributed by atoms with van der Waals surface area (Å²) in [5, 5.41) is 25.4. The predicted octanol–water partition coefficient (Wildman–Crippen LogP) is 2.10. The number of hydrogen-bond donors (Lipinski definition) is 2. The number of nitrogens with one attached hydrogen (secondary N) is 2. The van der Waals surface area contributed by atoms with Crippen LogP contribution in [0.5, 0.6) is 0 Å². The highest BCUT2D eigenvalue weighted by Crippen LogP contribution is 2.12. The van der Waals surface area contributed by atoms with Crippen LogP contribution < -0.4 is 10.6 Å². The van der Waals surface area contributed by atoms with E-state index < -0.39 is 29.3 Å². The van der Waals surface area contributed by atoms with Gasteiger partial charge in [0.15, 0.2) is 6.19 Å². The fourth-order valence-corrected chi connectivity index (χ4v) is 1.52. The first-order chi connectivity index (χ1) is 10.9. The lowest BCUT2D eigenvalue weighted by Crippen LogP contribution is -2.46. The van der Waals surface area contributed by atoms with Gasteiger partial charge in [-0.3, -0.25) is 0 Å². The lowest BCUT2D eigenvalue weighted by molar-refractivity contribution is -0.157. The molecule has 9 heteroatoms. The molecule has 0 saturated carbocycles. The van der Waals surface area contributed by atoms with Gasteiger partial charge in [-0.2, -0.15) is 5.26 Å². The third-order valence-corrected chi connectivity index (χ3v) is 2.26. The average molecular weight is 341 g/mol. The number of rotatable bonds is 6. The first kappa shape index (κ1) is 23.7. The van der Waals surface area contributed by atoms with Crippen molar-refractivity contribution in [2.24, 2.45) is 0 Å². The van der Waals surface area contributed by atoms with E-state index >= 15 is 0 Å². The summed E-state index contributed by atoms with van der Waals surface area (Å²) < 4.78 is 10.4. The van der Waals surface area contributed by atoms with Gasteiger partial charge in [0.05, 0.1) is 0 Å². The molecule has 136 valence electrons. The molecule has 0 aliphatic heterocycles. The molecular weight excluding hydrogens is 314 g/mol. The van der Waals surface area contributed by atoms with E-state index in [1.165, 1.54) is 0 Å². The fraction of sp³-hybridized carbons (Fsp3) is 0.800. The maximum absolute atomic E-state index is 12.1. The zero-order valence-electron chi connectivity index (χ0n) is 15.2. The smallest absolute Gasteiger partial charge is 0.408 e. The highest BCUT2D eigenvalue weighted by atomic mass is 16.6. The number of esters is 1. The number of carbonyl (C=O) groups is 2. The van der Waals surface area contributed by atoms with E-state index in [1.54, 1.807) is 47.7 Å². The van der Waals surface area contributed by atoms with Crippen LogP contribution in [0.4, 0.5) is 4.79 Å². The van der Waals surface area contributed by atoms with Gasteiger partial charge in [0, 0.05) is 17.3 Å². The summed E-state index contributed by atoms with van der Waals surface area (Å²) in [6.07, 6.45) is 2.02. The summed E-state index contributed by atoms with van der Waals surface area (Å²) in [5.41, 5.74) is -1.29.